The molecule has 26 heavy (non-hydrogen) atoms. The van der Waals surface area contributed by atoms with Crippen molar-refractivity contribution in [3.63, 3.8) is 0 Å². The van der Waals surface area contributed by atoms with Crippen molar-refractivity contribution in [3.8, 4) is 0 Å². The van der Waals surface area contributed by atoms with Crippen LogP contribution in [-0.4, -0.2) is 46.0 Å². The van der Waals surface area contributed by atoms with E-state index in [1.54, 1.807) is 6.07 Å². The molecule has 1 fully saturated rings. The number of para-hydroxylation sites is 1. The molecular weight excluding hydrogens is 328 g/mol. The minimum atomic E-state index is -0.0949. The van der Waals surface area contributed by atoms with Gasteiger partial charge in [0.1, 0.15) is 0 Å². The average Bonchev–Trinajstić information content (AvgIpc) is 2.66. The Kier molecular flexibility index (Phi) is 6.39. The van der Waals surface area contributed by atoms with E-state index >= 15 is 0 Å². The van der Waals surface area contributed by atoms with Crippen molar-refractivity contribution in [3.05, 3.63) is 40.9 Å². The predicted molar refractivity (Wildman–Crippen MR) is 103 cm³/mol. The van der Waals surface area contributed by atoms with Crippen molar-refractivity contribution in [2.45, 2.75) is 51.6 Å². The van der Waals surface area contributed by atoms with Crippen LogP contribution in [0.25, 0.3) is 10.9 Å². The highest BCUT2D eigenvalue weighted by molar-refractivity contribution is 5.77. The molecule has 0 spiro atoms. The number of aromatic nitrogens is 2. The van der Waals surface area contributed by atoms with Crippen LogP contribution in [0.4, 0.5) is 0 Å². The number of fused-ring (bicyclic) bond motifs is 1. The van der Waals surface area contributed by atoms with Gasteiger partial charge in [-0.2, -0.15) is 0 Å². The number of amides is 1. The average molecular weight is 356 g/mol. The Morgan fingerprint density at radius 3 is 2.96 bits per heavy atom. The Hall–Kier alpha value is -2.21. The lowest BCUT2D eigenvalue weighted by Gasteiger charge is -2.33. The summed E-state index contributed by atoms with van der Waals surface area (Å²) in [5.74, 6) is -0.0169. The van der Waals surface area contributed by atoms with Crippen molar-refractivity contribution in [2.75, 3.05) is 19.6 Å². The molecule has 1 amide bonds. The second-order valence-corrected chi connectivity index (χ2v) is 7.09. The van der Waals surface area contributed by atoms with E-state index in [0.29, 0.717) is 36.5 Å². The summed E-state index contributed by atoms with van der Waals surface area (Å²) in [5.41, 5.74) is 0.590. The number of rotatable bonds is 7. The van der Waals surface area contributed by atoms with E-state index in [0.717, 1.165) is 13.0 Å². The highest BCUT2D eigenvalue weighted by Gasteiger charge is 2.17. The summed E-state index contributed by atoms with van der Waals surface area (Å²) < 4.78 is 1.51. The summed E-state index contributed by atoms with van der Waals surface area (Å²) in [6.45, 7) is 5.54. The molecule has 3 rings (SSSR count). The molecule has 0 radical (unpaired) electrons. The Labute approximate surface area is 154 Å². The Balaban J connectivity index is 1.41. The van der Waals surface area contributed by atoms with Gasteiger partial charge >= 0.3 is 0 Å². The van der Waals surface area contributed by atoms with Crippen LogP contribution in [0.2, 0.25) is 0 Å². The van der Waals surface area contributed by atoms with Crippen molar-refractivity contribution >= 4 is 16.8 Å². The minimum Gasteiger partial charge on any atom is -0.356 e. The van der Waals surface area contributed by atoms with Gasteiger partial charge in [0.25, 0.3) is 5.56 Å². The van der Waals surface area contributed by atoms with Crippen LogP contribution < -0.4 is 10.9 Å². The predicted octanol–water partition coefficient (Wildman–Crippen LogP) is 2.17. The lowest BCUT2D eigenvalue weighted by atomic mass is 10.0. The molecule has 6 heteroatoms. The van der Waals surface area contributed by atoms with E-state index < -0.39 is 0 Å². The maximum atomic E-state index is 12.4. The molecule has 0 saturated carbocycles. The number of likely N-dealkylation sites (tertiary alicyclic amines) is 1. The van der Waals surface area contributed by atoms with Crippen LogP contribution in [-0.2, 0) is 11.3 Å². The third kappa shape index (κ3) is 4.69. The van der Waals surface area contributed by atoms with Crippen molar-refractivity contribution in [2.24, 2.45) is 0 Å². The maximum Gasteiger partial charge on any atom is 0.261 e. The van der Waals surface area contributed by atoms with E-state index in [9.17, 15) is 9.59 Å². The lowest BCUT2D eigenvalue weighted by Crippen LogP contribution is -2.39. The van der Waals surface area contributed by atoms with Crippen LogP contribution in [0.3, 0.4) is 0 Å². The molecule has 1 saturated heterocycles. The summed E-state index contributed by atoms with van der Waals surface area (Å²) in [5, 5.41) is 3.55. The first-order chi connectivity index (χ1) is 12.6. The molecule has 2 heterocycles. The van der Waals surface area contributed by atoms with Crippen LogP contribution in [0.5, 0.6) is 0 Å². The number of benzene rings is 1. The van der Waals surface area contributed by atoms with Crippen LogP contribution in [0.15, 0.2) is 35.4 Å². The fraction of sp³-hybridized carbons (Fsp3) is 0.550. The normalized spacial score (nSPS) is 18.1. The smallest absolute Gasteiger partial charge is 0.261 e. The summed E-state index contributed by atoms with van der Waals surface area (Å²) in [6, 6.07) is 7.93. The number of hydrogen-bond acceptors (Lipinski definition) is 4. The first kappa shape index (κ1) is 18.6. The molecule has 1 unspecified atom stereocenters. The molecule has 0 bridgehead atoms. The summed E-state index contributed by atoms with van der Waals surface area (Å²) in [4.78, 5) is 31.2. The number of carbonyl (C=O) groups is 1. The Bertz CT molecular complexity index is 802. The third-order valence-electron chi connectivity index (χ3n) is 5.20. The highest BCUT2D eigenvalue weighted by Crippen LogP contribution is 2.16. The molecule has 1 atom stereocenters. The fourth-order valence-corrected chi connectivity index (χ4v) is 3.58. The molecule has 1 aliphatic rings. The molecule has 2 aromatic rings. The van der Waals surface area contributed by atoms with E-state index in [4.69, 9.17) is 0 Å². The van der Waals surface area contributed by atoms with Gasteiger partial charge < -0.3 is 10.2 Å². The quantitative estimate of drug-likeness (QED) is 0.772. The molecule has 6 nitrogen and oxygen atoms in total. The molecule has 0 aliphatic carbocycles. The van der Waals surface area contributed by atoms with Gasteiger partial charge in [-0.25, -0.2) is 4.98 Å². The fourth-order valence-electron chi connectivity index (χ4n) is 3.58. The molecule has 1 aliphatic heterocycles. The number of nitrogens with zero attached hydrogens (tertiary/aromatic N) is 3. The zero-order valence-electron chi connectivity index (χ0n) is 15.5. The molecule has 1 aromatic carbocycles. The maximum absolute atomic E-state index is 12.4. The van der Waals surface area contributed by atoms with E-state index in [-0.39, 0.29) is 11.5 Å². The number of aryl methyl sites for hydroxylation is 1. The van der Waals surface area contributed by atoms with Gasteiger partial charge in [-0.05, 0) is 44.9 Å². The van der Waals surface area contributed by atoms with Crippen LogP contribution >= 0.6 is 0 Å². The van der Waals surface area contributed by atoms with Crippen molar-refractivity contribution < 1.29 is 4.79 Å². The van der Waals surface area contributed by atoms with Gasteiger partial charge in [-0.1, -0.05) is 18.6 Å². The molecular formula is C20H28N4O2. The first-order valence-electron chi connectivity index (χ1n) is 9.60. The van der Waals surface area contributed by atoms with Gasteiger partial charge in [0, 0.05) is 32.1 Å². The zero-order chi connectivity index (χ0) is 18.4. The summed E-state index contributed by atoms with van der Waals surface area (Å²) >= 11 is 0. The second kappa shape index (κ2) is 8.94. The van der Waals surface area contributed by atoms with E-state index in [1.165, 1.54) is 36.7 Å². The van der Waals surface area contributed by atoms with Gasteiger partial charge in [0.05, 0.1) is 17.2 Å². The van der Waals surface area contributed by atoms with Crippen LogP contribution in [0.1, 0.15) is 39.0 Å². The molecule has 1 aromatic heterocycles. The molecule has 140 valence electrons. The number of carbonyl (C=O) groups excluding carboxylic acids is 1. The summed E-state index contributed by atoms with van der Waals surface area (Å²) in [7, 11) is 0. The number of hydrogen-bond donors (Lipinski definition) is 1. The Morgan fingerprint density at radius 2 is 2.12 bits per heavy atom. The van der Waals surface area contributed by atoms with Gasteiger partial charge in [-0.3, -0.25) is 14.2 Å². The number of nitrogens with one attached hydrogen (secondary N) is 1. The lowest BCUT2D eigenvalue weighted by molar-refractivity contribution is -0.121. The molecule has 1 N–H and O–H groups in total. The topological polar surface area (TPSA) is 67.2 Å². The monoisotopic (exact) mass is 356 g/mol. The van der Waals surface area contributed by atoms with E-state index in [1.807, 2.05) is 18.2 Å². The SMILES string of the molecule is CC1CCCCN1CCCNC(=O)CCn1cnc2ccccc2c1=O. The standard InChI is InChI=1S/C20H28N4O2/c1-16-7-4-5-12-23(16)13-6-11-21-19(25)10-14-24-15-22-18-9-3-2-8-17(18)20(24)26/h2-3,8-9,15-16H,4-7,10-14H2,1H3,(H,21,25). The van der Waals surface area contributed by atoms with Crippen molar-refractivity contribution in [1.29, 1.82) is 0 Å². The largest absolute Gasteiger partial charge is 0.356 e. The number of piperidine rings is 1. The zero-order valence-corrected chi connectivity index (χ0v) is 15.5. The summed E-state index contributed by atoms with van der Waals surface area (Å²) in [6.07, 6.45) is 6.67. The second-order valence-electron chi connectivity index (χ2n) is 7.09. The first-order valence-corrected chi connectivity index (χ1v) is 9.60. The van der Waals surface area contributed by atoms with Gasteiger partial charge in [0.15, 0.2) is 0 Å². The van der Waals surface area contributed by atoms with Crippen LogP contribution in [0, 0.1) is 0 Å². The third-order valence-corrected chi connectivity index (χ3v) is 5.20. The van der Waals surface area contributed by atoms with E-state index in [2.05, 4.69) is 22.1 Å². The van der Waals surface area contributed by atoms with Crippen molar-refractivity contribution in [1.82, 2.24) is 19.8 Å². The van der Waals surface area contributed by atoms with Gasteiger partial charge in [0.2, 0.25) is 5.91 Å². The highest BCUT2D eigenvalue weighted by atomic mass is 16.1. The Morgan fingerprint density at radius 1 is 1.27 bits per heavy atom. The minimum absolute atomic E-state index is 0.0169. The van der Waals surface area contributed by atoms with Gasteiger partial charge in [-0.15, -0.1) is 0 Å².